The first kappa shape index (κ1) is 24.4. The van der Waals surface area contributed by atoms with Crippen LogP contribution in [0.5, 0.6) is 0 Å². The molecule has 2 aliphatic rings. The van der Waals surface area contributed by atoms with E-state index in [2.05, 4.69) is 4.90 Å². The van der Waals surface area contributed by atoms with Crippen LogP contribution >= 0.6 is 11.6 Å². The predicted molar refractivity (Wildman–Crippen MR) is 126 cm³/mol. The first-order valence-corrected chi connectivity index (χ1v) is 12.8. The maximum atomic E-state index is 13.6. The number of carboxylic acid groups (broad SMARTS) is 1. The largest absolute Gasteiger partial charge is 0.478 e. The molecule has 2 aromatic rings. The molecule has 1 saturated heterocycles. The fourth-order valence-electron chi connectivity index (χ4n) is 4.57. The standard InChI is InChI=1S/C24H25ClN2O6S/c25-18-7-5-17(6-8-18)24-20-3-1-2-4-21(20)34(31,32)27(24)19-11-13-26(14-12-19)15-16-33-23(30)10-9-22(28)29/h1-10,19,24H,11-16H2,(H,28,29)/b10-9-. The molecule has 1 atom stereocenters. The third kappa shape index (κ3) is 5.17. The van der Waals surface area contributed by atoms with Crippen LogP contribution in [-0.4, -0.2) is 67.0 Å². The Morgan fingerprint density at radius 2 is 1.74 bits per heavy atom. The summed E-state index contributed by atoms with van der Waals surface area (Å²) in [4.78, 5) is 24.4. The molecule has 0 radical (unpaired) electrons. The number of sulfonamides is 1. The summed E-state index contributed by atoms with van der Waals surface area (Å²) in [5.74, 6) is -1.92. The van der Waals surface area contributed by atoms with E-state index in [-0.39, 0.29) is 12.6 Å². The summed E-state index contributed by atoms with van der Waals surface area (Å²) < 4.78 is 33.8. The van der Waals surface area contributed by atoms with Gasteiger partial charge < -0.3 is 9.84 Å². The molecule has 2 aliphatic heterocycles. The Kier molecular flexibility index (Phi) is 7.37. The Balaban J connectivity index is 1.45. The fourth-order valence-corrected chi connectivity index (χ4v) is 6.77. The van der Waals surface area contributed by atoms with Crippen molar-refractivity contribution in [1.82, 2.24) is 9.21 Å². The lowest BCUT2D eigenvalue weighted by molar-refractivity contribution is -0.139. The lowest BCUT2D eigenvalue weighted by Gasteiger charge is -2.38. The molecule has 2 aromatic carbocycles. The molecule has 2 heterocycles. The molecule has 0 saturated carbocycles. The van der Waals surface area contributed by atoms with Gasteiger partial charge in [0.15, 0.2) is 0 Å². The van der Waals surface area contributed by atoms with Crippen molar-refractivity contribution in [2.24, 2.45) is 0 Å². The first-order chi connectivity index (χ1) is 16.3. The molecule has 4 rings (SSSR count). The van der Waals surface area contributed by atoms with Gasteiger partial charge in [0.2, 0.25) is 10.0 Å². The second-order valence-electron chi connectivity index (χ2n) is 8.24. The van der Waals surface area contributed by atoms with Crippen molar-refractivity contribution in [3.05, 3.63) is 76.8 Å². The molecule has 1 N–H and O–H groups in total. The molecule has 1 fully saturated rings. The van der Waals surface area contributed by atoms with Crippen LogP contribution in [0.3, 0.4) is 0 Å². The van der Waals surface area contributed by atoms with Crippen LogP contribution < -0.4 is 0 Å². The Morgan fingerprint density at radius 1 is 1.06 bits per heavy atom. The van der Waals surface area contributed by atoms with E-state index in [4.69, 9.17) is 21.4 Å². The van der Waals surface area contributed by atoms with Crippen molar-refractivity contribution < 1.29 is 27.9 Å². The summed E-state index contributed by atoms with van der Waals surface area (Å²) in [6, 6.07) is 13.9. The van der Waals surface area contributed by atoms with Crippen LogP contribution in [0, 0.1) is 0 Å². The molecule has 0 aliphatic carbocycles. The van der Waals surface area contributed by atoms with Gasteiger partial charge >= 0.3 is 11.9 Å². The SMILES string of the molecule is O=C(O)/C=C\C(=O)OCCN1CCC(N2C(c3ccc(Cl)cc3)c3ccccc3S2(=O)=O)CC1. The number of esters is 1. The minimum absolute atomic E-state index is 0.133. The second kappa shape index (κ2) is 10.3. The molecule has 0 spiro atoms. The number of hydrogen-bond acceptors (Lipinski definition) is 6. The summed E-state index contributed by atoms with van der Waals surface area (Å²) >= 11 is 6.07. The van der Waals surface area contributed by atoms with Gasteiger partial charge in [0, 0.05) is 29.8 Å². The Labute approximate surface area is 203 Å². The number of nitrogens with zero attached hydrogens (tertiary/aromatic N) is 2. The molecular formula is C24H25ClN2O6S. The molecule has 0 aromatic heterocycles. The van der Waals surface area contributed by atoms with Crippen molar-refractivity contribution in [1.29, 1.82) is 0 Å². The molecular weight excluding hydrogens is 480 g/mol. The number of fused-ring (bicyclic) bond motifs is 1. The maximum absolute atomic E-state index is 13.6. The Bertz CT molecular complexity index is 1190. The summed E-state index contributed by atoms with van der Waals surface area (Å²) in [7, 11) is -3.66. The van der Waals surface area contributed by atoms with E-state index in [0.29, 0.717) is 42.4 Å². The van der Waals surface area contributed by atoms with E-state index in [0.717, 1.165) is 23.3 Å². The summed E-state index contributed by atoms with van der Waals surface area (Å²) in [5, 5.41) is 9.14. The monoisotopic (exact) mass is 504 g/mol. The number of ether oxygens (including phenoxy) is 1. The number of aliphatic carboxylic acids is 1. The van der Waals surface area contributed by atoms with Crippen molar-refractivity contribution in [2.75, 3.05) is 26.2 Å². The summed E-state index contributed by atoms with van der Waals surface area (Å²) in [5.41, 5.74) is 1.65. The number of piperidine rings is 1. The van der Waals surface area contributed by atoms with Crippen LogP contribution in [0.25, 0.3) is 0 Å². The molecule has 180 valence electrons. The number of benzene rings is 2. The minimum Gasteiger partial charge on any atom is -0.478 e. The maximum Gasteiger partial charge on any atom is 0.331 e. The van der Waals surface area contributed by atoms with E-state index >= 15 is 0 Å². The third-order valence-corrected chi connectivity index (χ3v) is 8.38. The Hall–Kier alpha value is -2.72. The van der Waals surface area contributed by atoms with Crippen molar-refractivity contribution in [3.63, 3.8) is 0 Å². The summed E-state index contributed by atoms with van der Waals surface area (Å²) in [6.07, 6.45) is 2.90. The van der Waals surface area contributed by atoms with Crippen LogP contribution in [-0.2, 0) is 24.3 Å². The topological polar surface area (TPSA) is 104 Å². The van der Waals surface area contributed by atoms with E-state index < -0.39 is 28.0 Å². The number of hydrogen-bond donors (Lipinski definition) is 1. The normalized spacial score (nSPS) is 20.9. The highest BCUT2D eigenvalue weighted by atomic mass is 35.5. The average molecular weight is 505 g/mol. The molecule has 10 heteroatoms. The van der Waals surface area contributed by atoms with Crippen LogP contribution in [0.2, 0.25) is 5.02 Å². The highest BCUT2D eigenvalue weighted by Crippen LogP contribution is 2.46. The van der Waals surface area contributed by atoms with Crippen LogP contribution in [0.1, 0.15) is 30.0 Å². The fraction of sp³-hybridized carbons (Fsp3) is 0.333. The highest BCUT2D eigenvalue weighted by Gasteiger charge is 2.47. The second-order valence-corrected chi connectivity index (χ2v) is 10.5. The van der Waals surface area contributed by atoms with E-state index in [1.54, 1.807) is 28.6 Å². The number of carboxylic acids is 1. The number of halogens is 1. The molecule has 34 heavy (non-hydrogen) atoms. The van der Waals surface area contributed by atoms with Crippen molar-refractivity contribution >= 4 is 33.6 Å². The van der Waals surface area contributed by atoms with E-state index in [9.17, 15) is 18.0 Å². The number of carbonyl (C=O) groups excluding carboxylic acids is 1. The van der Waals surface area contributed by atoms with Gasteiger partial charge in [-0.3, -0.25) is 4.90 Å². The van der Waals surface area contributed by atoms with Gasteiger partial charge in [-0.1, -0.05) is 41.9 Å². The van der Waals surface area contributed by atoms with Crippen molar-refractivity contribution in [3.8, 4) is 0 Å². The zero-order valence-electron chi connectivity index (χ0n) is 18.3. The predicted octanol–water partition coefficient (Wildman–Crippen LogP) is 3.08. The third-order valence-electron chi connectivity index (χ3n) is 6.14. The van der Waals surface area contributed by atoms with Gasteiger partial charge in [0.1, 0.15) is 6.61 Å². The first-order valence-electron chi connectivity index (χ1n) is 11.0. The van der Waals surface area contributed by atoms with Gasteiger partial charge in [0.25, 0.3) is 0 Å². The molecule has 0 bridgehead atoms. The van der Waals surface area contributed by atoms with Gasteiger partial charge in [-0.2, -0.15) is 4.31 Å². The van der Waals surface area contributed by atoms with E-state index in [1.165, 1.54) is 0 Å². The van der Waals surface area contributed by atoms with Gasteiger partial charge in [-0.15, -0.1) is 0 Å². The Morgan fingerprint density at radius 3 is 2.41 bits per heavy atom. The number of carbonyl (C=O) groups is 2. The number of likely N-dealkylation sites (tertiary alicyclic amines) is 1. The average Bonchev–Trinajstić information content (AvgIpc) is 3.06. The van der Waals surface area contributed by atoms with Gasteiger partial charge in [0.05, 0.1) is 10.9 Å². The quantitative estimate of drug-likeness (QED) is 0.456. The van der Waals surface area contributed by atoms with E-state index in [1.807, 2.05) is 24.3 Å². The van der Waals surface area contributed by atoms with Crippen LogP contribution in [0.15, 0.2) is 65.6 Å². The zero-order valence-corrected chi connectivity index (χ0v) is 19.9. The minimum atomic E-state index is -3.66. The molecule has 1 unspecified atom stereocenters. The smallest absolute Gasteiger partial charge is 0.331 e. The highest BCUT2D eigenvalue weighted by molar-refractivity contribution is 7.89. The molecule has 0 amide bonds. The number of rotatable bonds is 7. The van der Waals surface area contributed by atoms with Crippen LogP contribution in [0.4, 0.5) is 0 Å². The molecule has 8 nitrogen and oxygen atoms in total. The zero-order chi connectivity index (χ0) is 24.3. The lowest BCUT2D eigenvalue weighted by atomic mass is 9.95. The lowest BCUT2D eigenvalue weighted by Crippen LogP contribution is -2.47. The van der Waals surface area contributed by atoms with Gasteiger partial charge in [-0.05, 0) is 55.3 Å². The van der Waals surface area contributed by atoms with Gasteiger partial charge in [-0.25, -0.2) is 18.0 Å². The summed E-state index contributed by atoms with van der Waals surface area (Å²) in [6.45, 7) is 1.94. The van der Waals surface area contributed by atoms with Crippen molar-refractivity contribution in [2.45, 2.75) is 29.8 Å².